The number of nitrogens with zero attached hydrogens (tertiary/aromatic N) is 9. The van der Waals surface area contributed by atoms with Crippen LogP contribution in [0.5, 0.6) is 0 Å². The summed E-state index contributed by atoms with van der Waals surface area (Å²) in [6, 6.07) is 12.3. The molecule has 8 rings (SSSR count). The smallest absolute Gasteiger partial charge is 0.355 e. The van der Waals surface area contributed by atoms with E-state index in [9.17, 15) is 42.3 Å². The number of halogens is 4. The predicted octanol–water partition coefficient (Wildman–Crippen LogP) is 6.59. The summed E-state index contributed by atoms with van der Waals surface area (Å²) >= 11 is 8.18. The van der Waals surface area contributed by atoms with E-state index in [0.29, 0.717) is 55.3 Å². The van der Waals surface area contributed by atoms with E-state index in [4.69, 9.17) is 11.6 Å². The number of aliphatic hydroxyl groups is 1. The summed E-state index contributed by atoms with van der Waals surface area (Å²) < 4.78 is 47.9. The number of rotatable bonds is 19. The molecular formula is C51H56ClF3N12O6S. The van der Waals surface area contributed by atoms with Crippen LogP contribution in [0, 0.1) is 29.8 Å². The summed E-state index contributed by atoms with van der Waals surface area (Å²) in [6.45, 7) is 7.15. The van der Waals surface area contributed by atoms with E-state index in [-0.39, 0.29) is 72.2 Å². The second-order valence-corrected chi connectivity index (χ2v) is 20.9. The van der Waals surface area contributed by atoms with Gasteiger partial charge in [-0.15, -0.1) is 16.4 Å². The molecule has 0 spiro atoms. The first-order valence-electron chi connectivity index (χ1n) is 24.1. The number of unbranched alkanes of at least 4 members (excludes halogenated alkanes) is 3. The number of thiophene rings is 1. The van der Waals surface area contributed by atoms with E-state index in [2.05, 4.69) is 49.3 Å². The fourth-order valence-corrected chi connectivity index (χ4v) is 9.98. The van der Waals surface area contributed by atoms with Gasteiger partial charge >= 0.3 is 11.4 Å². The number of β-amino-alcohol motifs (C(OH)–C–C–N with tert-alkyl or cyclic N) is 1. The monoisotopic (exact) mass is 1060 g/mol. The fraction of sp³-hybridized carbons (Fsp3) is 0.392. The molecule has 0 bridgehead atoms. The lowest BCUT2D eigenvalue weighted by Crippen LogP contribution is -2.57. The second kappa shape index (κ2) is 22.5. The molecule has 1 saturated heterocycles. The van der Waals surface area contributed by atoms with Gasteiger partial charge in [-0.1, -0.05) is 74.7 Å². The van der Waals surface area contributed by atoms with Crippen molar-refractivity contribution in [2.75, 3.05) is 11.9 Å². The number of hydrogen-bond donors (Lipinski definition) is 4. The van der Waals surface area contributed by atoms with Crippen LogP contribution in [0.1, 0.15) is 81.7 Å². The van der Waals surface area contributed by atoms with E-state index in [0.717, 1.165) is 20.3 Å². The van der Waals surface area contributed by atoms with Gasteiger partial charge in [0.2, 0.25) is 23.7 Å². The van der Waals surface area contributed by atoms with Gasteiger partial charge in [0.15, 0.2) is 11.6 Å². The van der Waals surface area contributed by atoms with Crippen molar-refractivity contribution < 1.29 is 32.7 Å². The average molecular weight is 1060 g/mol. The lowest BCUT2D eigenvalue weighted by atomic mass is 9.85. The van der Waals surface area contributed by atoms with Gasteiger partial charge in [0.1, 0.15) is 23.6 Å². The molecule has 3 atom stereocenters. The van der Waals surface area contributed by atoms with Crippen LogP contribution in [0.15, 0.2) is 82.0 Å². The zero-order valence-electron chi connectivity index (χ0n) is 41.4. The molecule has 4 N–H and O–H groups in total. The molecule has 7 aromatic rings. The Kier molecular flexibility index (Phi) is 16.2. The molecule has 1 aliphatic heterocycles. The normalized spacial score (nSPS) is 15.2. The van der Waals surface area contributed by atoms with Crippen LogP contribution in [0.3, 0.4) is 0 Å². The molecule has 3 amide bonds. The van der Waals surface area contributed by atoms with Crippen molar-refractivity contribution >= 4 is 63.2 Å². The highest BCUT2D eigenvalue weighted by molar-refractivity contribution is 7.13. The minimum Gasteiger partial charge on any atom is -0.391 e. The molecule has 0 unspecified atom stereocenters. The van der Waals surface area contributed by atoms with Gasteiger partial charge in [-0.3, -0.25) is 28.3 Å². The summed E-state index contributed by atoms with van der Waals surface area (Å²) in [5.41, 5.74) is 1.15. The van der Waals surface area contributed by atoms with Gasteiger partial charge in [-0.25, -0.2) is 27.3 Å². The summed E-state index contributed by atoms with van der Waals surface area (Å²) in [5, 5.41) is 34.8. The van der Waals surface area contributed by atoms with Gasteiger partial charge in [0, 0.05) is 67.6 Å². The molecule has 390 valence electrons. The highest BCUT2D eigenvalue weighted by Crippen LogP contribution is 2.31. The lowest BCUT2D eigenvalue weighted by Gasteiger charge is -2.35. The van der Waals surface area contributed by atoms with Crippen LogP contribution >= 0.6 is 22.9 Å². The highest BCUT2D eigenvalue weighted by atomic mass is 35.5. The Bertz CT molecular complexity index is 3330. The molecule has 0 saturated carbocycles. The van der Waals surface area contributed by atoms with Crippen molar-refractivity contribution in [3.63, 3.8) is 0 Å². The summed E-state index contributed by atoms with van der Waals surface area (Å²) in [6.07, 6.45) is 5.12. The van der Waals surface area contributed by atoms with Crippen LogP contribution < -0.4 is 27.3 Å². The van der Waals surface area contributed by atoms with Crippen molar-refractivity contribution in [2.24, 2.45) is 12.5 Å². The third-order valence-electron chi connectivity index (χ3n) is 12.8. The van der Waals surface area contributed by atoms with Crippen molar-refractivity contribution in [3.8, 4) is 10.4 Å². The Morgan fingerprint density at radius 2 is 1.68 bits per heavy atom. The Morgan fingerprint density at radius 3 is 2.41 bits per heavy atom. The van der Waals surface area contributed by atoms with Crippen LogP contribution in [0.4, 0.5) is 24.8 Å². The minimum atomic E-state index is -1.42. The maximum atomic E-state index is 14.9. The third-order valence-corrected chi connectivity index (χ3v) is 14.2. The highest BCUT2D eigenvalue weighted by Gasteiger charge is 2.44. The Hall–Kier alpha value is -7.17. The number of amides is 3. The maximum Gasteiger partial charge on any atom is 0.355 e. The Labute approximate surface area is 432 Å². The van der Waals surface area contributed by atoms with Crippen molar-refractivity contribution in [1.29, 1.82) is 0 Å². The Morgan fingerprint density at radius 1 is 0.932 bits per heavy atom. The molecule has 1 fully saturated rings. The SMILES string of the molecule is Cc1ccsc1-c1ccc(CNC(=O)[C@@H]2C[C@@H](O)CN2C(=O)[C@@H](NC(=O)CCCCCCn2cc(Cn3c(=O)nc(Nc4cc5cn(C)nc5cc4Cl)n(Cc4cc(F)c(F)cc4F)c3=O)nn2)C(C)(C)C)cc1. The lowest BCUT2D eigenvalue weighted by molar-refractivity contribution is -0.144. The predicted molar refractivity (Wildman–Crippen MR) is 273 cm³/mol. The first-order chi connectivity index (χ1) is 35.2. The molecule has 5 heterocycles. The molecule has 3 aromatic carbocycles. The van der Waals surface area contributed by atoms with Crippen LogP contribution in [0.25, 0.3) is 21.3 Å². The number of anilines is 2. The average Bonchev–Trinajstić information content (AvgIpc) is 4.16. The van der Waals surface area contributed by atoms with E-state index in [1.807, 2.05) is 50.4 Å². The minimum absolute atomic E-state index is 0.0337. The number of carbonyl (C=O) groups is 3. The number of carbonyl (C=O) groups excluding carboxylic acids is 3. The number of aromatic nitrogens is 8. The molecule has 18 nitrogen and oxygen atoms in total. The van der Waals surface area contributed by atoms with Gasteiger partial charge in [0.05, 0.1) is 41.6 Å². The zero-order valence-corrected chi connectivity index (χ0v) is 42.9. The number of likely N-dealkylation sites (tertiary alicyclic amines) is 1. The maximum absolute atomic E-state index is 14.9. The van der Waals surface area contributed by atoms with Crippen LogP contribution in [-0.2, 0) is 47.6 Å². The second-order valence-electron chi connectivity index (χ2n) is 19.6. The Balaban J connectivity index is 0.836. The number of fused-ring (bicyclic) bond motifs is 1. The van der Waals surface area contributed by atoms with Gasteiger partial charge in [0.25, 0.3) is 0 Å². The number of aryl methyl sites for hydroxylation is 3. The molecule has 74 heavy (non-hydrogen) atoms. The van der Waals surface area contributed by atoms with Crippen molar-refractivity contribution in [3.05, 3.63) is 138 Å². The van der Waals surface area contributed by atoms with Gasteiger partial charge in [-0.05, 0) is 71.5 Å². The number of aliphatic hydroxyl groups excluding tert-OH is 1. The molecule has 23 heteroatoms. The molecule has 4 aromatic heterocycles. The van der Waals surface area contributed by atoms with Gasteiger partial charge in [-0.2, -0.15) is 10.1 Å². The number of nitrogens with one attached hydrogen (secondary N) is 3. The molecule has 1 aliphatic rings. The van der Waals surface area contributed by atoms with Crippen LogP contribution in [0.2, 0.25) is 5.02 Å². The van der Waals surface area contributed by atoms with E-state index >= 15 is 0 Å². The summed E-state index contributed by atoms with van der Waals surface area (Å²) in [7, 11) is 1.72. The van der Waals surface area contributed by atoms with E-state index < -0.39 is 64.9 Å². The topological polar surface area (TPSA) is 216 Å². The fourth-order valence-electron chi connectivity index (χ4n) is 8.84. The number of benzene rings is 3. The summed E-state index contributed by atoms with van der Waals surface area (Å²) in [5.74, 6) is -5.37. The first-order valence-corrected chi connectivity index (χ1v) is 25.3. The number of hydrogen-bond acceptors (Lipinski definition) is 12. The van der Waals surface area contributed by atoms with E-state index in [1.165, 1.54) is 20.0 Å². The molecule has 0 aliphatic carbocycles. The first kappa shape index (κ1) is 53.1. The van der Waals surface area contributed by atoms with Gasteiger partial charge < -0.3 is 26.0 Å². The van der Waals surface area contributed by atoms with Crippen molar-refractivity contribution in [2.45, 2.75) is 111 Å². The largest absolute Gasteiger partial charge is 0.391 e. The van der Waals surface area contributed by atoms with Crippen molar-refractivity contribution in [1.82, 2.24) is 54.4 Å². The molecular weight excluding hydrogens is 1000 g/mol. The summed E-state index contributed by atoms with van der Waals surface area (Å²) in [4.78, 5) is 75.0. The molecule has 0 radical (unpaired) electrons. The van der Waals surface area contributed by atoms with E-state index in [1.54, 1.807) is 47.6 Å². The standard InChI is InChI=1S/C51H56ClF3N12O6S/c1-29-15-17-74-44(29)31-13-11-30(12-14-31)23-56-46(70)42-20-35(68)28-65(42)47(71)45(51(2,3)4)58-43(69)10-8-6-7-9-16-64-26-34(60-62-64)27-67-49(72)59-48(57-41-19-33-24-63(5)61-40(33)21-36(41)52)66(50(67)73)25-32-18-38(54)39(55)22-37(32)53/h11-15,17-19,21-22,24,26,35,42,45,68H,6-10,16,20,23,25,27-28H2,1-5H3,(H,56,70)(H,58,69)(H,57,59,72)/t35-,42+,45-/m1/s1. The third kappa shape index (κ3) is 12.4. The quantitative estimate of drug-likeness (QED) is 0.0501. The van der Waals surface area contributed by atoms with Crippen LogP contribution in [-0.4, -0.2) is 91.4 Å². The zero-order chi connectivity index (χ0) is 53.0.